The van der Waals surface area contributed by atoms with E-state index in [0.717, 1.165) is 0 Å². The molecule has 0 aliphatic heterocycles. The topological polar surface area (TPSA) is 34.9 Å². The summed E-state index contributed by atoms with van der Waals surface area (Å²) in [4.78, 5) is 16.0. The van der Waals surface area contributed by atoms with E-state index < -0.39 is 0 Å². The molecule has 0 aliphatic carbocycles. The predicted octanol–water partition coefficient (Wildman–Crippen LogP) is 1.49. The zero-order chi connectivity index (χ0) is 11.7. The molecule has 0 bridgehead atoms. The minimum atomic E-state index is -0.363. The van der Waals surface area contributed by atoms with Gasteiger partial charge in [0.2, 0.25) is 0 Å². The van der Waals surface area contributed by atoms with E-state index in [1.54, 1.807) is 25.5 Å². The number of rotatable bonds is 2. The maximum atomic E-state index is 13.3. The molecule has 0 radical (unpaired) electrons. The Kier molecular flexibility index (Phi) is 3.18. The van der Waals surface area contributed by atoms with Crippen molar-refractivity contribution in [2.45, 2.75) is 6.92 Å². The van der Waals surface area contributed by atoms with Crippen molar-refractivity contribution in [1.82, 2.24) is 7.36 Å². The molecule has 1 aromatic carbocycles. The normalized spacial score (nSPS) is 10.3. The molecule has 0 saturated carbocycles. The van der Waals surface area contributed by atoms with Crippen molar-refractivity contribution in [3.8, 4) is 0 Å². The zero-order valence-electron chi connectivity index (χ0n) is 8.64. The van der Waals surface area contributed by atoms with Gasteiger partial charge in [-0.25, -0.2) is 0 Å². The van der Waals surface area contributed by atoms with Crippen LogP contribution in [0.4, 0.5) is 4.39 Å². The third kappa shape index (κ3) is 2.06. The van der Waals surface area contributed by atoms with E-state index >= 15 is 0 Å². The Labute approximate surface area is 108 Å². The third-order valence-corrected chi connectivity index (χ3v) is 3.44. The van der Waals surface area contributed by atoms with Crippen LogP contribution in [0.3, 0.4) is 0 Å². The van der Waals surface area contributed by atoms with E-state index in [-0.39, 0.29) is 11.6 Å². The van der Waals surface area contributed by atoms with Gasteiger partial charge in [-0.3, -0.25) is 0 Å². The number of hydrogen-bond acceptors (Lipinski definition) is 2. The van der Waals surface area contributed by atoms with Gasteiger partial charge in [0.1, 0.15) is 0 Å². The molecule has 2 rings (SSSR count). The molecule has 0 atom stereocenters. The van der Waals surface area contributed by atoms with Gasteiger partial charge in [0, 0.05) is 0 Å². The Balaban J connectivity index is 2.45. The molecule has 78 valence electrons. The Morgan fingerprint density at radius 1 is 1.50 bits per heavy atom. The zero-order valence-corrected chi connectivity index (χ0v) is 13.1. The number of aromatic nitrogens is 2. The second kappa shape index (κ2) is 4.44. The van der Waals surface area contributed by atoms with Crippen LogP contribution in [0.1, 0.15) is 21.6 Å². The first-order valence-corrected chi connectivity index (χ1v) is 6.69. The molecule has 2 aromatic rings. The summed E-state index contributed by atoms with van der Waals surface area (Å²) < 4.78 is 15.1. The minimum absolute atomic E-state index is 0.226. The van der Waals surface area contributed by atoms with Crippen LogP contribution in [-0.2, 0) is 0 Å². The number of halogens is 1. The van der Waals surface area contributed by atoms with Crippen molar-refractivity contribution in [2.24, 2.45) is 0 Å². The Bertz CT molecular complexity index is 551. The van der Waals surface area contributed by atoms with E-state index in [0.29, 0.717) is 42.9 Å². The van der Waals surface area contributed by atoms with Crippen LogP contribution in [0.5, 0.6) is 0 Å². The molecule has 1 aromatic heterocycles. The summed E-state index contributed by atoms with van der Waals surface area (Å²) in [6.07, 6.45) is 3.31. The maximum absolute atomic E-state index is 13.3. The number of carbonyl (C=O) groups excluding carboxylic acids is 1. The van der Waals surface area contributed by atoms with E-state index in [4.69, 9.17) is 0 Å². The summed E-state index contributed by atoms with van der Waals surface area (Å²) in [5, 5.41) is 0. The average Bonchev–Trinajstić information content (AvgIpc) is 2.68. The van der Waals surface area contributed by atoms with Gasteiger partial charge < -0.3 is 0 Å². The fraction of sp³-hybridized carbons (Fsp3) is 0.0909. The predicted molar refractivity (Wildman–Crippen MR) is 57.9 cm³/mol. The molecule has 0 N–H and O–H groups in total. The molecule has 5 heteroatoms. The van der Waals surface area contributed by atoms with Crippen molar-refractivity contribution in [3.05, 3.63) is 53.4 Å². The van der Waals surface area contributed by atoms with Gasteiger partial charge in [-0.15, -0.1) is 0 Å². The van der Waals surface area contributed by atoms with Crippen LogP contribution in [0.2, 0.25) is 0 Å². The van der Waals surface area contributed by atoms with Gasteiger partial charge in [-0.1, -0.05) is 0 Å². The van der Waals surface area contributed by atoms with Crippen molar-refractivity contribution in [3.63, 3.8) is 0 Å². The van der Waals surface area contributed by atoms with E-state index in [1.807, 2.05) is 2.38 Å². The molecule has 3 nitrogen and oxygen atoms in total. The van der Waals surface area contributed by atoms with Crippen LogP contribution in [-0.4, -0.2) is 39.2 Å². The number of benzene rings is 1. The van der Waals surface area contributed by atoms with E-state index in [9.17, 15) is 9.18 Å². The van der Waals surface area contributed by atoms with Gasteiger partial charge >= 0.3 is 109 Å². The van der Waals surface area contributed by atoms with Gasteiger partial charge in [0.15, 0.2) is 0 Å². The van der Waals surface area contributed by atoms with Gasteiger partial charge in [-0.05, 0) is 0 Å². The molecular weight excluding hydrogens is 400 g/mol. The fourth-order valence-corrected chi connectivity index (χ4v) is 2.25. The van der Waals surface area contributed by atoms with Crippen molar-refractivity contribution in [1.29, 1.82) is 0 Å². The SMILES string of the molecule is Cc1c(F)cccc1C(=O)c1c[n]([Tl])cn1. The van der Waals surface area contributed by atoms with Crippen LogP contribution in [0, 0.1) is 12.7 Å². The Morgan fingerprint density at radius 2 is 2.25 bits per heavy atom. The molecule has 0 amide bonds. The number of hydrogen-bond donors (Lipinski definition) is 0. The average molecular weight is 408 g/mol. The quantitative estimate of drug-likeness (QED) is 0.559. The first-order chi connectivity index (χ1) is 7.59. The van der Waals surface area contributed by atoms with Crippen LogP contribution in [0.15, 0.2) is 30.7 Å². The molecule has 0 saturated heterocycles. The molecule has 16 heavy (non-hydrogen) atoms. The molecule has 0 aliphatic rings. The molecule has 1 heterocycles. The number of nitrogens with zero attached hydrogens (tertiary/aromatic N) is 2. The first kappa shape index (κ1) is 11.4. The number of carbonyl (C=O) groups is 1. The Morgan fingerprint density at radius 3 is 2.88 bits per heavy atom. The molecular formula is C11H8FN2OTl. The number of imidazole rings is 1. The summed E-state index contributed by atoms with van der Waals surface area (Å²) in [7, 11) is 0. The summed E-state index contributed by atoms with van der Waals surface area (Å²) in [5.41, 5.74) is 1.12. The van der Waals surface area contributed by atoms with E-state index in [1.165, 1.54) is 12.1 Å². The molecule has 0 spiro atoms. The number of ketones is 1. The van der Waals surface area contributed by atoms with E-state index in [2.05, 4.69) is 4.98 Å². The summed E-state index contributed by atoms with van der Waals surface area (Å²) in [6, 6.07) is 4.50. The van der Waals surface area contributed by atoms with Crippen molar-refractivity contribution >= 4 is 31.8 Å². The van der Waals surface area contributed by atoms with Crippen LogP contribution < -0.4 is 0 Å². The standard InChI is InChI=1S/C11H9FN2O.Tl/c1-7-8(3-2-4-9(7)12)11(15)10-5-13-6-14-10;/h2-6H,1H3,(H,13,14,15);/q;+1/p-1. The second-order valence-corrected chi connectivity index (χ2v) is 5.77. The summed E-state index contributed by atoms with van der Waals surface area (Å²) in [6.45, 7) is 1.60. The fourth-order valence-electron chi connectivity index (χ4n) is 1.45. The van der Waals surface area contributed by atoms with Gasteiger partial charge in [-0.2, -0.15) is 0 Å². The van der Waals surface area contributed by atoms with Crippen LogP contribution in [0.25, 0.3) is 0 Å². The summed E-state index contributed by atoms with van der Waals surface area (Å²) in [5.74, 6) is -0.588. The molecule has 0 fully saturated rings. The van der Waals surface area contributed by atoms with Gasteiger partial charge in [0.05, 0.1) is 0 Å². The van der Waals surface area contributed by atoms with Crippen LogP contribution >= 0.6 is 0 Å². The second-order valence-electron chi connectivity index (χ2n) is 3.45. The van der Waals surface area contributed by atoms with Gasteiger partial charge in [0.25, 0.3) is 0 Å². The monoisotopic (exact) mass is 408 g/mol. The summed E-state index contributed by atoms with van der Waals surface area (Å²) >= 11 is 0.577. The Hall–Kier alpha value is -1.05. The van der Waals surface area contributed by atoms with Crippen molar-refractivity contribution in [2.75, 3.05) is 0 Å². The van der Waals surface area contributed by atoms with Crippen molar-refractivity contribution < 1.29 is 9.18 Å². The first-order valence-electron chi connectivity index (χ1n) is 4.68. The third-order valence-electron chi connectivity index (χ3n) is 2.35. The molecule has 0 unspecified atom stereocenters.